The van der Waals surface area contributed by atoms with E-state index in [0.717, 1.165) is 18.9 Å². The number of rotatable bonds is 6. The molecule has 1 fully saturated rings. The van der Waals surface area contributed by atoms with E-state index in [1.54, 1.807) is 0 Å². The lowest BCUT2D eigenvalue weighted by Gasteiger charge is -2.18. The second-order valence-corrected chi connectivity index (χ2v) is 5.52. The molecule has 0 aliphatic carbocycles. The quantitative estimate of drug-likeness (QED) is 0.864. The van der Waals surface area contributed by atoms with Crippen LogP contribution in [0.4, 0.5) is 0 Å². The van der Waals surface area contributed by atoms with E-state index in [-0.39, 0.29) is 0 Å². The Morgan fingerprint density at radius 2 is 2.15 bits per heavy atom. The van der Waals surface area contributed by atoms with Crippen molar-refractivity contribution in [2.45, 2.75) is 45.7 Å². The van der Waals surface area contributed by atoms with Crippen LogP contribution >= 0.6 is 0 Å². The Balaban J connectivity index is 1.81. The fraction of sp³-hybridized carbons (Fsp3) is 0.647. The number of hydrogen-bond acceptors (Lipinski definition) is 3. The third kappa shape index (κ3) is 4.80. The molecule has 0 saturated carbocycles. The van der Waals surface area contributed by atoms with Gasteiger partial charge in [-0.25, -0.2) is 0 Å². The first-order chi connectivity index (χ1) is 9.81. The van der Waals surface area contributed by atoms with Gasteiger partial charge in [0, 0.05) is 12.6 Å². The molecule has 1 aromatic rings. The van der Waals surface area contributed by atoms with Gasteiger partial charge in [-0.1, -0.05) is 19.1 Å². The van der Waals surface area contributed by atoms with Crippen LogP contribution in [0.25, 0.3) is 0 Å². The van der Waals surface area contributed by atoms with Crippen molar-refractivity contribution in [2.75, 3.05) is 26.2 Å². The molecule has 0 aromatic heterocycles. The maximum Gasteiger partial charge on any atom is 0.119 e. The maximum absolute atomic E-state index is 5.55. The summed E-state index contributed by atoms with van der Waals surface area (Å²) in [5, 5.41) is 3.71. The highest BCUT2D eigenvalue weighted by Crippen LogP contribution is 2.15. The van der Waals surface area contributed by atoms with Crippen LogP contribution in [0.1, 0.15) is 38.7 Å². The van der Waals surface area contributed by atoms with E-state index in [2.05, 4.69) is 35.3 Å². The van der Waals surface area contributed by atoms with Gasteiger partial charge in [0.05, 0.1) is 6.61 Å². The molecule has 1 aliphatic heterocycles. The summed E-state index contributed by atoms with van der Waals surface area (Å²) in [6.45, 7) is 9.62. The molecule has 112 valence electrons. The molecule has 0 amide bonds. The van der Waals surface area contributed by atoms with E-state index in [9.17, 15) is 0 Å². The molecule has 0 bridgehead atoms. The zero-order valence-corrected chi connectivity index (χ0v) is 12.9. The van der Waals surface area contributed by atoms with Crippen molar-refractivity contribution in [3.63, 3.8) is 0 Å². The minimum absolute atomic E-state index is 0.655. The summed E-state index contributed by atoms with van der Waals surface area (Å²) in [4.78, 5) is 2.55. The van der Waals surface area contributed by atoms with E-state index < -0.39 is 0 Å². The summed E-state index contributed by atoms with van der Waals surface area (Å²) in [5.74, 6) is 0.977. The standard InChI is InChI=1S/C17H28N2O/c1-3-19-11-6-8-16(10-12-19)18-14-15-7-5-9-17(13-15)20-4-2/h5,7,9,13,16,18H,3-4,6,8,10-12,14H2,1-2H3. The summed E-state index contributed by atoms with van der Waals surface area (Å²) in [7, 11) is 0. The van der Waals surface area contributed by atoms with Crippen LogP contribution in [-0.4, -0.2) is 37.2 Å². The van der Waals surface area contributed by atoms with Gasteiger partial charge < -0.3 is 15.0 Å². The van der Waals surface area contributed by atoms with Gasteiger partial charge in [-0.2, -0.15) is 0 Å². The van der Waals surface area contributed by atoms with Gasteiger partial charge in [-0.05, 0) is 63.5 Å². The highest BCUT2D eigenvalue weighted by Gasteiger charge is 2.15. The van der Waals surface area contributed by atoms with Crippen LogP contribution in [0.5, 0.6) is 5.75 Å². The first kappa shape index (κ1) is 15.3. The van der Waals surface area contributed by atoms with Crippen molar-refractivity contribution < 1.29 is 4.74 Å². The third-order valence-electron chi connectivity index (χ3n) is 4.07. The number of benzene rings is 1. The van der Waals surface area contributed by atoms with E-state index >= 15 is 0 Å². The average molecular weight is 276 g/mol. The number of nitrogens with zero attached hydrogens (tertiary/aromatic N) is 1. The fourth-order valence-electron chi connectivity index (χ4n) is 2.85. The van der Waals surface area contributed by atoms with Gasteiger partial charge in [-0.3, -0.25) is 0 Å². The van der Waals surface area contributed by atoms with Crippen LogP contribution in [0.3, 0.4) is 0 Å². The monoisotopic (exact) mass is 276 g/mol. The van der Waals surface area contributed by atoms with Crippen molar-refractivity contribution in [1.82, 2.24) is 10.2 Å². The van der Waals surface area contributed by atoms with Crippen molar-refractivity contribution in [1.29, 1.82) is 0 Å². The molecule has 2 rings (SSSR count). The lowest BCUT2D eigenvalue weighted by atomic mass is 10.1. The minimum atomic E-state index is 0.655. The molecule has 1 aromatic carbocycles. The van der Waals surface area contributed by atoms with Gasteiger partial charge in [0.2, 0.25) is 0 Å². The molecule has 1 heterocycles. The Bertz CT molecular complexity index is 394. The molecule has 3 heteroatoms. The van der Waals surface area contributed by atoms with Gasteiger partial charge in [0.15, 0.2) is 0 Å². The van der Waals surface area contributed by atoms with Gasteiger partial charge in [-0.15, -0.1) is 0 Å². The summed E-state index contributed by atoms with van der Waals surface area (Å²) in [5.41, 5.74) is 1.31. The fourth-order valence-corrected chi connectivity index (χ4v) is 2.85. The van der Waals surface area contributed by atoms with Crippen LogP contribution in [0.15, 0.2) is 24.3 Å². The first-order valence-electron chi connectivity index (χ1n) is 7.99. The topological polar surface area (TPSA) is 24.5 Å². The molecule has 20 heavy (non-hydrogen) atoms. The largest absolute Gasteiger partial charge is 0.494 e. The van der Waals surface area contributed by atoms with Gasteiger partial charge in [0.1, 0.15) is 5.75 Å². The van der Waals surface area contributed by atoms with Crippen molar-refractivity contribution in [3.05, 3.63) is 29.8 Å². The highest BCUT2D eigenvalue weighted by molar-refractivity contribution is 5.28. The Labute approximate surface area is 123 Å². The molecular weight excluding hydrogens is 248 g/mol. The van der Waals surface area contributed by atoms with E-state index in [1.807, 2.05) is 13.0 Å². The van der Waals surface area contributed by atoms with Crippen LogP contribution in [-0.2, 0) is 6.54 Å². The molecule has 1 atom stereocenters. The van der Waals surface area contributed by atoms with E-state index in [0.29, 0.717) is 6.04 Å². The van der Waals surface area contributed by atoms with Gasteiger partial charge in [0.25, 0.3) is 0 Å². The Morgan fingerprint density at radius 3 is 2.95 bits per heavy atom. The summed E-state index contributed by atoms with van der Waals surface area (Å²) in [6, 6.07) is 9.07. The predicted octanol–water partition coefficient (Wildman–Crippen LogP) is 3.05. The van der Waals surface area contributed by atoms with Crippen molar-refractivity contribution in [3.8, 4) is 5.75 Å². The molecule has 0 spiro atoms. The number of likely N-dealkylation sites (tertiary alicyclic amines) is 1. The molecule has 1 unspecified atom stereocenters. The SMILES string of the molecule is CCOc1cccc(CNC2CCCN(CC)CC2)c1. The predicted molar refractivity (Wildman–Crippen MR) is 84.2 cm³/mol. The van der Waals surface area contributed by atoms with Crippen molar-refractivity contribution >= 4 is 0 Å². The lowest BCUT2D eigenvalue weighted by Crippen LogP contribution is -2.30. The molecule has 1 N–H and O–H groups in total. The van der Waals surface area contributed by atoms with Crippen LogP contribution in [0.2, 0.25) is 0 Å². The average Bonchev–Trinajstić information content (AvgIpc) is 2.71. The second kappa shape index (κ2) is 8.28. The molecule has 3 nitrogen and oxygen atoms in total. The smallest absolute Gasteiger partial charge is 0.119 e. The Morgan fingerprint density at radius 1 is 1.25 bits per heavy atom. The van der Waals surface area contributed by atoms with E-state index in [1.165, 1.54) is 44.5 Å². The summed E-state index contributed by atoms with van der Waals surface area (Å²) >= 11 is 0. The van der Waals surface area contributed by atoms with Crippen LogP contribution in [0, 0.1) is 0 Å². The van der Waals surface area contributed by atoms with Crippen molar-refractivity contribution in [2.24, 2.45) is 0 Å². The Hall–Kier alpha value is -1.06. The zero-order valence-electron chi connectivity index (χ0n) is 12.9. The Kier molecular flexibility index (Phi) is 6.34. The minimum Gasteiger partial charge on any atom is -0.494 e. The normalized spacial score (nSPS) is 20.6. The number of ether oxygens (including phenoxy) is 1. The molecule has 1 aliphatic rings. The van der Waals surface area contributed by atoms with Crippen LogP contribution < -0.4 is 10.1 Å². The van der Waals surface area contributed by atoms with Gasteiger partial charge >= 0.3 is 0 Å². The zero-order chi connectivity index (χ0) is 14.2. The second-order valence-electron chi connectivity index (χ2n) is 5.52. The number of hydrogen-bond donors (Lipinski definition) is 1. The third-order valence-corrected chi connectivity index (χ3v) is 4.07. The maximum atomic E-state index is 5.55. The molecule has 0 radical (unpaired) electrons. The first-order valence-corrected chi connectivity index (χ1v) is 7.99. The lowest BCUT2D eigenvalue weighted by molar-refractivity contribution is 0.297. The summed E-state index contributed by atoms with van der Waals surface area (Å²) in [6.07, 6.45) is 3.87. The van der Waals surface area contributed by atoms with E-state index in [4.69, 9.17) is 4.74 Å². The highest BCUT2D eigenvalue weighted by atomic mass is 16.5. The summed E-state index contributed by atoms with van der Waals surface area (Å²) < 4.78 is 5.55. The number of nitrogens with one attached hydrogen (secondary N) is 1. The molecule has 1 saturated heterocycles. The molecular formula is C17H28N2O.